The summed E-state index contributed by atoms with van der Waals surface area (Å²) in [5.41, 5.74) is 1.32. The molecule has 3 rings (SSSR count). The van der Waals surface area contributed by atoms with Crippen LogP contribution in [0, 0.1) is 0 Å². The third-order valence-corrected chi connectivity index (χ3v) is 4.14. The Labute approximate surface area is 138 Å². The Kier molecular flexibility index (Phi) is 4.83. The number of furan rings is 1. The highest BCUT2D eigenvalue weighted by Crippen LogP contribution is 2.23. The van der Waals surface area contributed by atoms with Crippen LogP contribution >= 0.6 is 11.8 Å². The first kappa shape index (κ1) is 15.4. The summed E-state index contributed by atoms with van der Waals surface area (Å²) in [6.45, 7) is 2.36. The summed E-state index contributed by atoms with van der Waals surface area (Å²) in [7, 11) is 0. The molecule has 0 saturated heterocycles. The zero-order chi connectivity index (χ0) is 16.1. The molecule has 2 aromatic heterocycles. The number of carbonyl (C=O) groups excluding carboxylic acids is 1. The third kappa shape index (κ3) is 3.65. The maximum absolute atomic E-state index is 12.3. The van der Waals surface area contributed by atoms with Crippen LogP contribution in [0.1, 0.15) is 23.0 Å². The average Bonchev–Trinajstić information content (AvgIpc) is 3.24. The minimum Gasteiger partial charge on any atom is -0.461 e. The van der Waals surface area contributed by atoms with Crippen LogP contribution in [-0.2, 0) is 6.54 Å². The van der Waals surface area contributed by atoms with Gasteiger partial charge in [0.25, 0.3) is 5.91 Å². The minimum atomic E-state index is -0.121. The predicted molar refractivity (Wildman–Crippen MR) is 88.2 cm³/mol. The summed E-state index contributed by atoms with van der Waals surface area (Å²) in [6.07, 6.45) is 1.57. The van der Waals surface area contributed by atoms with E-state index in [1.54, 1.807) is 36.2 Å². The third-order valence-electron chi connectivity index (χ3n) is 3.18. The molecule has 2 heterocycles. The lowest BCUT2D eigenvalue weighted by molar-refractivity contribution is 0.0947. The molecule has 118 valence electrons. The van der Waals surface area contributed by atoms with Gasteiger partial charge in [-0.25, -0.2) is 0 Å². The van der Waals surface area contributed by atoms with Gasteiger partial charge < -0.3 is 14.3 Å². The molecule has 23 heavy (non-hydrogen) atoms. The highest BCUT2D eigenvalue weighted by atomic mass is 32.2. The topological polar surface area (TPSA) is 68.3 Å². The van der Waals surface area contributed by atoms with Gasteiger partial charge in [0.2, 0.25) is 5.76 Å². The van der Waals surface area contributed by atoms with E-state index < -0.39 is 0 Å². The lowest BCUT2D eigenvalue weighted by atomic mass is 10.2. The Morgan fingerprint density at radius 2 is 2.09 bits per heavy atom. The van der Waals surface area contributed by atoms with Crippen molar-refractivity contribution in [3.8, 4) is 11.5 Å². The second-order valence-corrected chi connectivity index (χ2v) is 6.08. The van der Waals surface area contributed by atoms with E-state index in [0.29, 0.717) is 29.3 Å². The summed E-state index contributed by atoms with van der Waals surface area (Å²) in [5.74, 6) is 1.95. The van der Waals surface area contributed by atoms with Crippen molar-refractivity contribution >= 4 is 17.7 Å². The number of amides is 1. The number of benzene rings is 1. The molecule has 6 heteroatoms. The number of thioether (sulfide) groups is 1. The zero-order valence-electron chi connectivity index (χ0n) is 12.6. The molecule has 3 aromatic rings. The predicted octanol–water partition coefficient (Wildman–Crippen LogP) is 3.98. The first-order chi connectivity index (χ1) is 11.3. The Bertz CT molecular complexity index is 781. The monoisotopic (exact) mass is 328 g/mol. The van der Waals surface area contributed by atoms with Crippen LogP contribution in [0.5, 0.6) is 0 Å². The van der Waals surface area contributed by atoms with Crippen molar-refractivity contribution in [2.24, 2.45) is 0 Å². The van der Waals surface area contributed by atoms with E-state index in [2.05, 4.69) is 17.4 Å². The first-order valence-electron chi connectivity index (χ1n) is 7.27. The standard InChI is InChI=1S/C17H16N2O3S/c1-2-23-16-8-4-3-6-13(16)17(20)18-11-12-10-15(22-19-12)14-7-5-9-21-14/h3-10H,2,11H2,1H3,(H,18,20). The van der Waals surface area contributed by atoms with E-state index in [-0.39, 0.29) is 5.91 Å². The van der Waals surface area contributed by atoms with Gasteiger partial charge in [0.1, 0.15) is 5.69 Å². The molecule has 0 aliphatic heterocycles. The van der Waals surface area contributed by atoms with Crippen LogP contribution in [0.25, 0.3) is 11.5 Å². The fraction of sp³-hybridized carbons (Fsp3) is 0.176. The number of aromatic nitrogens is 1. The Balaban J connectivity index is 1.65. The lowest BCUT2D eigenvalue weighted by Gasteiger charge is -2.07. The fourth-order valence-corrected chi connectivity index (χ4v) is 2.93. The van der Waals surface area contributed by atoms with Crippen molar-refractivity contribution in [3.63, 3.8) is 0 Å². The van der Waals surface area contributed by atoms with Gasteiger partial charge in [-0.05, 0) is 30.0 Å². The number of nitrogens with zero attached hydrogens (tertiary/aromatic N) is 1. The van der Waals surface area contributed by atoms with Crippen molar-refractivity contribution in [1.29, 1.82) is 0 Å². The van der Waals surface area contributed by atoms with E-state index in [1.165, 1.54) is 0 Å². The van der Waals surface area contributed by atoms with Gasteiger partial charge in [-0.1, -0.05) is 24.2 Å². The average molecular weight is 328 g/mol. The molecule has 0 radical (unpaired) electrons. The van der Waals surface area contributed by atoms with Crippen molar-refractivity contribution in [3.05, 3.63) is 60.0 Å². The molecule has 0 aliphatic rings. The minimum absolute atomic E-state index is 0.121. The van der Waals surface area contributed by atoms with E-state index in [9.17, 15) is 4.79 Å². The molecule has 0 atom stereocenters. The van der Waals surface area contributed by atoms with Crippen molar-refractivity contribution in [1.82, 2.24) is 10.5 Å². The molecule has 1 amide bonds. The summed E-state index contributed by atoms with van der Waals surface area (Å²) in [6, 6.07) is 12.9. The SMILES string of the molecule is CCSc1ccccc1C(=O)NCc1cc(-c2ccco2)on1. The van der Waals surface area contributed by atoms with Gasteiger partial charge in [0, 0.05) is 11.0 Å². The number of hydrogen-bond donors (Lipinski definition) is 1. The maximum Gasteiger partial charge on any atom is 0.252 e. The smallest absolute Gasteiger partial charge is 0.252 e. The molecule has 5 nitrogen and oxygen atoms in total. The first-order valence-corrected chi connectivity index (χ1v) is 8.26. The zero-order valence-corrected chi connectivity index (χ0v) is 13.4. The van der Waals surface area contributed by atoms with Crippen molar-refractivity contribution < 1.29 is 13.7 Å². The van der Waals surface area contributed by atoms with Gasteiger partial charge in [0.05, 0.1) is 18.4 Å². The molecule has 0 fully saturated rings. The molecule has 0 spiro atoms. The number of hydrogen-bond acceptors (Lipinski definition) is 5. The van der Waals surface area contributed by atoms with Crippen LogP contribution in [0.15, 0.2) is 62.6 Å². The summed E-state index contributed by atoms with van der Waals surface area (Å²) < 4.78 is 10.5. The van der Waals surface area contributed by atoms with Crippen LogP contribution < -0.4 is 5.32 Å². The Morgan fingerprint density at radius 3 is 2.87 bits per heavy atom. The molecular weight excluding hydrogens is 312 g/mol. The van der Waals surface area contributed by atoms with Gasteiger partial charge >= 0.3 is 0 Å². The second-order valence-electron chi connectivity index (χ2n) is 4.77. The normalized spacial score (nSPS) is 10.7. The van der Waals surface area contributed by atoms with E-state index in [4.69, 9.17) is 8.94 Å². The highest BCUT2D eigenvalue weighted by Gasteiger charge is 2.13. The van der Waals surface area contributed by atoms with Crippen molar-refractivity contribution in [2.45, 2.75) is 18.4 Å². The highest BCUT2D eigenvalue weighted by molar-refractivity contribution is 7.99. The van der Waals surface area contributed by atoms with Gasteiger partial charge in [-0.3, -0.25) is 4.79 Å². The maximum atomic E-state index is 12.3. The van der Waals surface area contributed by atoms with Crippen LogP contribution in [0.3, 0.4) is 0 Å². The lowest BCUT2D eigenvalue weighted by Crippen LogP contribution is -2.23. The molecule has 1 aromatic carbocycles. The number of rotatable bonds is 6. The van der Waals surface area contributed by atoms with Crippen LogP contribution in [0.2, 0.25) is 0 Å². The molecule has 0 unspecified atom stereocenters. The second kappa shape index (κ2) is 7.19. The molecule has 0 aliphatic carbocycles. The van der Waals surface area contributed by atoms with E-state index in [0.717, 1.165) is 10.6 Å². The number of carbonyl (C=O) groups is 1. The van der Waals surface area contributed by atoms with Gasteiger partial charge in [-0.15, -0.1) is 11.8 Å². The fourth-order valence-electron chi connectivity index (χ4n) is 2.13. The van der Waals surface area contributed by atoms with E-state index >= 15 is 0 Å². The number of nitrogens with one attached hydrogen (secondary N) is 1. The molecule has 1 N–H and O–H groups in total. The Morgan fingerprint density at radius 1 is 1.22 bits per heavy atom. The summed E-state index contributed by atoms with van der Waals surface area (Å²) in [4.78, 5) is 13.3. The molecule has 0 saturated carbocycles. The van der Waals surface area contributed by atoms with Crippen molar-refractivity contribution in [2.75, 3.05) is 5.75 Å². The molecular formula is C17H16N2O3S. The van der Waals surface area contributed by atoms with Crippen LogP contribution in [-0.4, -0.2) is 16.8 Å². The quantitative estimate of drug-likeness (QED) is 0.693. The van der Waals surface area contributed by atoms with Gasteiger partial charge in [-0.2, -0.15) is 0 Å². The largest absolute Gasteiger partial charge is 0.461 e. The Hall–Kier alpha value is -2.47. The summed E-state index contributed by atoms with van der Waals surface area (Å²) >= 11 is 1.65. The molecule has 0 bridgehead atoms. The van der Waals surface area contributed by atoms with Crippen LogP contribution in [0.4, 0.5) is 0 Å². The van der Waals surface area contributed by atoms with E-state index in [1.807, 2.05) is 24.3 Å². The van der Waals surface area contributed by atoms with Gasteiger partial charge in [0.15, 0.2) is 5.76 Å². The summed E-state index contributed by atoms with van der Waals surface area (Å²) in [5, 5.41) is 6.81.